The molecule has 24 heteroatoms. The number of aromatic nitrogens is 4. The van der Waals surface area contributed by atoms with E-state index < -0.39 is 81.5 Å². The van der Waals surface area contributed by atoms with Crippen molar-refractivity contribution in [3.63, 3.8) is 0 Å². The zero-order valence-corrected chi connectivity index (χ0v) is 38.5. The minimum atomic E-state index is -1.59. The minimum absolute atomic E-state index is 0.271. The van der Waals surface area contributed by atoms with Gasteiger partial charge in [0.25, 0.3) is 22.9 Å². The number of benzene rings is 2. The number of rotatable bonds is 21. The zero-order chi connectivity index (χ0) is 50.5. The maximum Gasteiger partial charge on any atom is 0.414 e. The van der Waals surface area contributed by atoms with Gasteiger partial charge in [-0.2, -0.15) is 0 Å². The van der Waals surface area contributed by atoms with Gasteiger partial charge in [0.2, 0.25) is 11.8 Å². The number of primary amides is 2. The van der Waals surface area contributed by atoms with E-state index in [1.165, 1.54) is 0 Å². The van der Waals surface area contributed by atoms with Gasteiger partial charge in [-0.3, -0.25) is 57.7 Å². The van der Waals surface area contributed by atoms with Crippen molar-refractivity contribution >= 4 is 35.8 Å². The number of carboxylic acid groups (broad SMARTS) is 2. The summed E-state index contributed by atoms with van der Waals surface area (Å²) in [7, 11) is 0. The second-order valence-electron chi connectivity index (χ2n) is 17.2. The number of piperazine rings is 2. The number of nitrogens with zero attached hydrogens (tertiary/aromatic N) is 8. The first-order chi connectivity index (χ1) is 33.5. The van der Waals surface area contributed by atoms with Crippen LogP contribution in [0.15, 0.2) is 92.2 Å². The van der Waals surface area contributed by atoms with Crippen molar-refractivity contribution in [2.24, 2.45) is 11.5 Å². The Kier molecular flexibility index (Phi) is 17.9. The molecule has 4 heterocycles. The number of hydrogen-bond donors (Lipinski definition) is 6. The Balaban J connectivity index is 0.922. The van der Waals surface area contributed by atoms with Crippen LogP contribution in [0.5, 0.6) is 0 Å². The van der Waals surface area contributed by atoms with Crippen LogP contribution in [0.2, 0.25) is 0 Å². The van der Waals surface area contributed by atoms with E-state index in [0.29, 0.717) is 73.3 Å². The Hall–Kier alpha value is -7.54. The van der Waals surface area contributed by atoms with Gasteiger partial charge in [0.05, 0.1) is 26.2 Å². The fourth-order valence-electron chi connectivity index (χ4n) is 8.64. The number of amides is 6. The van der Waals surface area contributed by atoms with E-state index in [1.807, 2.05) is 9.80 Å². The van der Waals surface area contributed by atoms with E-state index in [-0.39, 0.29) is 26.2 Å². The number of H-pyrrole nitrogens is 2. The molecule has 0 aliphatic carbocycles. The summed E-state index contributed by atoms with van der Waals surface area (Å²) in [5, 5.41) is 19.5. The monoisotopic (exact) mass is 970 g/mol. The summed E-state index contributed by atoms with van der Waals surface area (Å²) in [6, 6.07) is 14.7. The topological polar surface area (TPSA) is 324 Å². The van der Waals surface area contributed by atoms with E-state index in [9.17, 15) is 58.2 Å². The fraction of sp³-hybridized carbons (Fsp3) is 0.435. The van der Waals surface area contributed by atoms with Crippen LogP contribution in [0.4, 0.5) is 9.59 Å². The summed E-state index contributed by atoms with van der Waals surface area (Å²) in [5.41, 5.74) is 7.55. The van der Waals surface area contributed by atoms with E-state index in [2.05, 4.69) is 19.8 Å². The molecule has 2 atom stereocenters. The molecule has 2 saturated heterocycles. The predicted octanol–water partition coefficient (Wildman–Crippen LogP) is -0.769. The third-order valence-electron chi connectivity index (χ3n) is 12.6. The van der Waals surface area contributed by atoms with Crippen molar-refractivity contribution < 1.29 is 39.0 Å². The Morgan fingerprint density at radius 3 is 1.19 bits per heavy atom. The van der Waals surface area contributed by atoms with Crippen LogP contribution >= 0.6 is 0 Å². The summed E-state index contributed by atoms with van der Waals surface area (Å²) in [6.07, 6.45) is 2.59. The smallest absolute Gasteiger partial charge is 0.414 e. The number of carbonyl (C=O) groups is 6. The third-order valence-corrected chi connectivity index (χ3v) is 12.6. The maximum atomic E-state index is 13.3. The van der Waals surface area contributed by atoms with Crippen molar-refractivity contribution in [2.75, 3.05) is 65.4 Å². The lowest BCUT2D eigenvalue weighted by atomic mass is 10.1. The average molecular weight is 971 g/mol. The number of nitrogens with two attached hydrogens (primary N) is 2. The Labute approximate surface area is 400 Å². The highest BCUT2D eigenvalue weighted by Gasteiger charge is 2.32. The van der Waals surface area contributed by atoms with Gasteiger partial charge in [-0.05, 0) is 37.1 Å². The molecule has 2 aliphatic heterocycles. The lowest BCUT2D eigenvalue weighted by Crippen LogP contribution is -2.56. The van der Waals surface area contributed by atoms with Crippen LogP contribution in [0.1, 0.15) is 57.5 Å². The van der Waals surface area contributed by atoms with Gasteiger partial charge >= 0.3 is 23.6 Å². The first kappa shape index (κ1) is 51.8. The Morgan fingerprint density at radius 2 is 0.871 bits per heavy atom. The van der Waals surface area contributed by atoms with Crippen molar-refractivity contribution in [1.82, 2.24) is 48.5 Å². The molecule has 2 aromatic heterocycles. The Bertz CT molecular complexity index is 2560. The van der Waals surface area contributed by atoms with Crippen molar-refractivity contribution in [1.29, 1.82) is 0 Å². The molecule has 6 rings (SSSR count). The number of aromatic amines is 2. The van der Waals surface area contributed by atoms with Gasteiger partial charge in [0.15, 0.2) is 0 Å². The van der Waals surface area contributed by atoms with Crippen LogP contribution in [0.25, 0.3) is 0 Å². The molecule has 6 amide bonds. The zero-order valence-electron chi connectivity index (χ0n) is 38.5. The van der Waals surface area contributed by atoms with Crippen LogP contribution in [-0.4, -0.2) is 172 Å². The van der Waals surface area contributed by atoms with Crippen LogP contribution in [0.3, 0.4) is 0 Å². The molecule has 2 fully saturated rings. The molecular weight excluding hydrogens is 913 g/mol. The van der Waals surface area contributed by atoms with Crippen LogP contribution < -0.4 is 34.0 Å². The predicted molar refractivity (Wildman–Crippen MR) is 252 cm³/mol. The summed E-state index contributed by atoms with van der Waals surface area (Å²) >= 11 is 0. The molecule has 0 radical (unpaired) electrons. The quantitative estimate of drug-likeness (QED) is 0.0559. The number of carbonyl (C=O) groups excluding carboxylic acids is 4. The molecular formula is C46H58N12O12. The fourth-order valence-corrected chi connectivity index (χ4v) is 8.64. The van der Waals surface area contributed by atoms with Gasteiger partial charge in [0, 0.05) is 64.8 Å². The molecule has 24 nitrogen and oxygen atoms in total. The highest BCUT2D eigenvalue weighted by molar-refractivity contribution is 6.02. The second kappa shape index (κ2) is 24.1. The largest absolute Gasteiger partial charge is 0.465 e. The first-order valence-electron chi connectivity index (χ1n) is 22.9. The van der Waals surface area contributed by atoms with Gasteiger partial charge in [-0.15, -0.1) is 0 Å². The minimum Gasteiger partial charge on any atom is -0.465 e. The third kappa shape index (κ3) is 13.6. The second-order valence-corrected chi connectivity index (χ2v) is 17.2. The molecule has 2 aliphatic rings. The maximum absolute atomic E-state index is 13.3. The number of hydrogen-bond acceptors (Lipinski definition) is 14. The first-order valence-corrected chi connectivity index (χ1v) is 22.9. The molecule has 70 heavy (non-hydrogen) atoms. The molecule has 4 aromatic rings. The van der Waals surface area contributed by atoms with Gasteiger partial charge in [-0.1, -0.05) is 73.5 Å². The average Bonchev–Trinajstić information content (AvgIpc) is 3.33. The normalized spacial score (nSPS) is 15.7. The van der Waals surface area contributed by atoms with Crippen LogP contribution in [0, 0.1) is 0 Å². The van der Waals surface area contributed by atoms with E-state index >= 15 is 0 Å². The highest BCUT2D eigenvalue weighted by Crippen LogP contribution is 2.15. The summed E-state index contributed by atoms with van der Waals surface area (Å²) in [4.78, 5) is 140. The van der Waals surface area contributed by atoms with E-state index in [1.54, 1.807) is 60.7 Å². The molecule has 374 valence electrons. The summed E-state index contributed by atoms with van der Waals surface area (Å²) in [5.74, 6) is -3.67. The van der Waals surface area contributed by atoms with E-state index in [0.717, 1.165) is 60.3 Å². The number of imide groups is 2. The van der Waals surface area contributed by atoms with Crippen molar-refractivity contribution in [2.45, 2.75) is 63.9 Å². The Morgan fingerprint density at radius 1 is 0.529 bits per heavy atom. The van der Waals surface area contributed by atoms with Gasteiger partial charge in [0.1, 0.15) is 23.2 Å². The van der Waals surface area contributed by atoms with Crippen molar-refractivity contribution in [3.8, 4) is 0 Å². The molecule has 8 N–H and O–H groups in total. The van der Waals surface area contributed by atoms with Gasteiger partial charge in [-0.25, -0.2) is 29.0 Å². The van der Waals surface area contributed by atoms with Crippen molar-refractivity contribution in [3.05, 3.63) is 137 Å². The molecule has 0 saturated carbocycles. The molecule has 2 aromatic carbocycles. The SMILES string of the molecule is NC(=O)C(Cn1cc(C(=O)N(Cc2ccccc2)C(=O)O)c(=O)[nH]c1=O)N1CCN(CCCCCCN2CCN(C(Cn3cc(C(=O)N(Cc4ccccc4)C(=O)O)c(=O)[nH]c3=O)C(N)=O)CC2)CC1. The summed E-state index contributed by atoms with van der Waals surface area (Å²) in [6.45, 7) is 4.84. The highest BCUT2D eigenvalue weighted by atomic mass is 16.4. The molecule has 0 spiro atoms. The van der Waals surface area contributed by atoms with Gasteiger partial charge < -0.3 is 31.5 Å². The summed E-state index contributed by atoms with van der Waals surface area (Å²) < 4.78 is 1.98. The lowest BCUT2D eigenvalue weighted by Gasteiger charge is -2.38. The standard InChI is InChI=1S/C46H58N12O12/c47-37(59)35(29-55-27-33(39(61)49-43(55)65)41(63)57(45(67)68)25-31-11-5-3-6-12-31)53-21-17-51(18-22-53)15-9-1-2-10-16-52-19-23-54(24-20-52)36(38(48)60)30-56-28-34(40(62)50-44(56)66)42(64)58(46(69)70)26-32-13-7-4-8-14-32/h3-8,11-14,27-28,35-36H,1-2,9-10,15-26,29-30H2,(H2,47,59)(H2,48,60)(H,67,68)(H,69,70)(H,49,61,65)(H,50,62,66). The van der Waals surface area contributed by atoms with E-state index in [4.69, 9.17) is 11.5 Å². The number of unbranched alkanes of at least 4 members (excludes halogenated alkanes) is 3. The molecule has 2 unspecified atom stereocenters. The molecule has 0 bridgehead atoms. The lowest BCUT2D eigenvalue weighted by molar-refractivity contribution is -0.125. The van der Waals surface area contributed by atoms with Crippen LogP contribution in [-0.2, 0) is 35.8 Å². The number of nitrogens with one attached hydrogen (secondary N) is 2.